The Kier molecular flexibility index (Phi) is 3.71. The van der Waals surface area contributed by atoms with Gasteiger partial charge in [-0.2, -0.15) is 5.10 Å². The average Bonchev–Trinajstić information content (AvgIpc) is 2.63. The third kappa shape index (κ3) is 3.76. The Balaban J connectivity index is 2.63. The minimum atomic E-state index is -0.507. The summed E-state index contributed by atoms with van der Waals surface area (Å²) in [6.07, 6.45) is 4.64. The van der Waals surface area contributed by atoms with Crippen LogP contribution in [0.5, 0.6) is 0 Å². The number of alkyl carbamates (subject to hydrolysis) is 1. The summed E-state index contributed by atoms with van der Waals surface area (Å²) in [7, 11) is 0. The second kappa shape index (κ2) is 4.83. The van der Waals surface area contributed by atoms with Crippen LogP contribution in [0.1, 0.15) is 27.7 Å². The van der Waals surface area contributed by atoms with Crippen molar-refractivity contribution in [3.8, 4) is 0 Å². The summed E-state index contributed by atoms with van der Waals surface area (Å²) in [6.45, 7) is 7.26. The largest absolute Gasteiger partial charge is 0.444 e. The van der Waals surface area contributed by atoms with Crippen LogP contribution in [0.4, 0.5) is 4.79 Å². The third-order valence-corrected chi connectivity index (χ3v) is 1.65. The quantitative estimate of drug-likeness (QED) is 0.836. The highest BCUT2D eigenvalue weighted by molar-refractivity contribution is 5.76. The van der Waals surface area contributed by atoms with Crippen molar-refractivity contribution in [2.45, 2.75) is 33.3 Å². The van der Waals surface area contributed by atoms with Gasteiger partial charge in [0, 0.05) is 12.4 Å². The molecule has 0 aliphatic carbocycles. The molecule has 88 valence electrons. The first-order valence-electron chi connectivity index (χ1n) is 5.09. The molecule has 1 amide bonds. The number of aromatic nitrogens is 2. The number of carbonyl (C=O) groups excluding carboxylic acids is 1. The van der Waals surface area contributed by atoms with E-state index in [1.54, 1.807) is 29.2 Å². The molecule has 0 spiro atoms. The van der Waals surface area contributed by atoms with Crippen LogP contribution in [0, 0.1) is 0 Å². The van der Waals surface area contributed by atoms with Crippen molar-refractivity contribution in [3.63, 3.8) is 0 Å². The lowest BCUT2D eigenvalue weighted by Gasteiger charge is -2.20. The van der Waals surface area contributed by atoms with Gasteiger partial charge >= 0.3 is 6.09 Å². The van der Waals surface area contributed by atoms with Crippen LogP contribution in [0.25, 0.3) is 5.82 Å². The zero-order valence-electron chi connectivity index (χ0n) is 10.0. The molecule has 0 saturated carbocycles. The van der Waals surface area contributed by atoms with E-state index >= 15 is 0 Å². The van der Waals surface area contributed by atoms with Crippen LogP contribution in [-0.4, -0.2) is 21.5 Å². The number of ether oxygens (including phenoxy) is 1. The van der Waals surface area contributed by atoms with Crippen molar-refractivity contribution in [3.05, 3.63) is 24.5 Å². The third-order valence-electron chi connectivity index (χ3n) is 1.65. The van der Waals surface area contributed by atoms with Crippen LogP contribution in [0.3, 0.4) is 0 Å². The second-order valence-electron chi connectivity index (χ2n) is 4.25. The fourth-order valence-corrected chi connectivity index (χ4v) is 1.08. The van der Waals surface area contributed by atoms with Crippen LogP contribution >= 0.6 is 0 Å². The van der Waals surface area contributed by atoms with E-state index in [0.717, 1.165) is 0 Å². The number of hydrogen-bond acceptors (Lipinski definition) is 3. The smallest absolute Gasteiger partial charge is 0.413 e. The molecule has 5 nitrogen and oxygen atoms in total. The lowest BCUT2D eigenvalue weighted by atomic mass is 10.2. The predicted octanol–water partition coefficient (Wildman–Crippen LogP) is 2.23. The standard InChI is InChI=1S/C11H17N3O2/c1-5-9(14-8-6-7-12-14)13-10(15)16-11(2,3)4/h5-8H,1-4H3,(H,13,15)/b9-5+. The Hall–Kier alpha value is -1.78. The number of rotatable bonds is 2. The molecule has 1 aromatic heterocycles. The summed E-state index contributed by atoms with van der Waals surface area (Å²) >= 11 is 0. The molecule has 0 aliphatic rings. The van der Waals surface area contributed by atoms with Crippen molar-refractivity contribution in [2.24, 2.45) is 0 Å². The highest BCUT2D eigenvalue weighted by atomic mass is 16.6. The first-order valence-corrected chi connectivity index (χ1v) is 5.09. The number of hydrogen-bond donors (Lipinski definition) is 1. The maximum atomic E-state index is 11.5. The molecule has 0 aromatic carbocycles. The van der Waals surface area contributed by atoms with Gasteiger partial charge in [0.1, 0.15) is 11.4 Å². The van der Waals surface area contributed by atoms with Crippen LogP contribution < -0.4 is 5.32 Å². The zero-order chi connectivity index (χ0) is 12.2. The van der Waals surface area contributed by atoms with E-state index in [0.29, 0.717) is 5.82 Å². The number of nitrogens with zero attached hydrogens (tertiary/aromatic N) is 2. The maximum Gasteiger partial charge on any atom is 0.413 e. The zero-order valence-corrected chi connectivity index (χ0v) is 10.0. The minimum Gasteiger partial charge on any atom is -0.444 e. The van der Waals surface area contributed by atoms with E-state index in [9.17, 15) is 4.79 Å². The Labute approximate surface area is 95.1 Å². The molecular formula is C11H17N3O2. The summed E-state index contributed by atoms with van der Waals surface area (Å²) in [5.41, 5.74) is -0.507. The molecule has 0 saturated heterocycles. The lowest BCUT2D eigenvalue weighted by molar-refractivity contribution is 0.0555. The molecule has 0 aliphatic heterocycles. The summed E-state index contributed by atoms with van der Waals surface area (Å²) in [5.74, 6) is 0.569. The van der Waals surface area contributed by atoms with E-state index in [-0.39, 0.29) is 0 Å². The molecule has 1 heterocycles. The Bertz CT molecular complexity index is 374. The van der Waals surface area contributed by atoms with Crippen molar-refractivity contribution < 1.29 is 9.53 Å². The van der Waals surface area contributed by atoms with Gasteiger partial charge in [-0.05, 0) is 39.8 Å². The molecule has 1 aromatic rings. The second-order valence-corrected chi connectivity index (χ2v) is 4.25. The van der Waals surface area contributed by atoms with Crippen molar-refractivity contribution in [2.75, 3.05) is 0 Å². The van der Waals surface area contributed by atoms with Crippen molar-refractivity contribution in [1.29, 1.82) is 0 Å². The van der Waals surface area contributed by atoms with Gasteiger partial charge in [0.2, 0.25) is 0 Å². The minimum absolute atomic E-state index is 0.490. The number of amides is 1. The van der Waals surface area contributed by atoms with Gasteiger partial charge < -0.3 is 4.74 Å². The molecule has 0 radical (unpaired) electrons. The molecule has 0 unspecified atom stereocenters. The molecule has 0 fully saturated rings. The van der Waals surface area contributed by atoms with E-state index < -0.39 is 11.7 Å². The predicted molar refractivity (Wildman–Crippen MR) is 61.5 cm³/mol. The normalized spacial score (nSPS) is 12.4. The highest BCUT2D eigenvalue weighted by Crippen LogP contribution is 2.08. The first kappa shape index (κ1) is 12.3. The SMILES string of the molecule is C/C=C(\NC(=O)OC(C)(C)C)n1cccn1. The summed E-state index contributed by atoms with van der Waals surface area (Å²) in [6, 6.07) is 1.78. The molecule has 0 atom stereocenters. The average molecular weight is 223 g/mol. The van der Waals surface area contributed by atoms with Gasteiger partial charge in [-0.3, -0.25) is 5.32 Å². The maximum absolute atomic E-state index is 11.5. The highest BCUT2D eigenvalue weighted by Gasteiger charge is 2.17. The first-order chi connectivity index (χ1) is 7.42. The molecule has 5 heteroatoms. The molecule has 1 N–H and O–H groups in total. The van der Waals surface area contributed by atoms with E-state index in [1.165, 1.54) is 0 Å². The van der Waals surface area contributed by atoms with Gasteiger partial charge in [-0.25, -0.2) is 9.48 Å². The van der Waals surface area contributed by atoms with Gasteiger partial charge in [-0.1, -0.05) is 0 Å². The Morgan fingerprint density at radius 2 is 2.19 bits per heavy atom. The van der Waals surface area contributed by atoms with Gasteiger partial charge in [-0.15, -0.1) is 0 Å². The van der Waals surface area contributed by atoms with Crippen molar-refractivity contribution in [1.82, 2.24) is 15.1 Å². The van der Waals surface area contributed by atoms with Crippen LogP contribution in [-0.2, 0) is 4.74 Å². The number of allylic oxidation sites excluding steroid dienone is 1. The van der Waals surface area contributed by atoms with Gasteiger partial charge in [0.25, 0.3) is 0 Å². The van der Waals surface area contributed by atoms with Gasteiger partial charge in [0.15, 0.2) is 0 Å². The molecular weight excluding hydrogens is 206 g/mol. The fraction of sp³-hybridized carbons (Fsp3) is 0.455. The number of carbonyl (C=O) groups is 1. The summed E-state index contributed by atoms with van der Waals surface area (Å²) in [5, 5.41) is 6.64. The molecule has 16 heavy (non-hydrogen) atoms. The summed E-state index contributed by atoms with van der Waals surface area (Å²) < 4.78 is 6.70. The van der Waals surface area contributed by atoms with Crippen molar-refractivity contribution >= 4 is 11.9 Å². The van der Waals surface area contributed by atoms with Gasteiger partial charge in [0.05, 0.1) is 0 Å². The van der Waals surface area contributed by atoms with Crippen LogP contribution in [0.2, 0.25) is 0 Å². The number of nitrogens with one attached hydrogen (secondary N) is 1. The Morgan fingerprint density at radius 3 is 2.62 bits per heavy atom. The van der Waals surface area contributed by atoms with E-state index in [4.69, 9.17) is 4.74 Å². The van der Waals surface area contributed by atoms with E-state index in [1.807, 2.05) is 27.7 Å². The topological polar surface area (TPSA) is 56.1 Å². The monoisotopic (exact) mass is 223 g/mol. The Morgan fingerprint density at radius 1 is 1.50 bits per heavy atom. The summed E-state index contributed by atoms with van der Waals surface area (Å²) in [4.78, 5) is 11.5. The molecule has 1 rings (SSSR count). The molecule has 0 bridgehead atoms. The fourth-order valence-electron chi connectivity index (χ4n) is 1.08. The lowest BCUT2D eigenvalue weighted by Crippen LogP contribution is -2.33. The van der Waals surface area contributed by atoms with Crippen LogP contribution in [0.15, 0.2) is 24.5 Å². The van der Waals surface area contributed by atoms with E-state index in [2.05, 4.69) is 10.4 Å².